The summed E-state index contributed by atoms with van der Waals surface area (Å²) in [4.78, 5) is 26.8. The van der Waals surface area contributed by atoms with Gasteiger partial charge in [-0.2, -0.15) is 0 Å². The molecule has 2 aromatic carbocycles. The van der Waals surface area contributed by atoms with E-state index in [1.54, 1.807) is 31.4 Å². The molecule has 32 heavy (non-hydrogen) atoms. The molecule has 0 aliphatic carbocycles. The summed E-state index contributed by atoms with van der Waals surface area (Å²) in [5.74, 6) is 1.96. The number of carbonyl (C=O) groups excluding carboxylic acids is 2. The number of methoxy groups -OCH3 is 1. The molecule has 1 heterocycles. The fourth-order valence-corrected chi connectivity index (χ4v) is 4.49. The van der Waals surface area contributed by atoms with Gasteiger partial charge in [0.25, 0.3) is 11.1 Å². The van der Waals surface area contributed by atoms with Crippen molar-refractivity contribution in [1.29, 1.82) is 0 Å². The van der Waals surface area contributed by atoms with Crippen LogP contribution in [0, 0.1) is 0 Å². The Balaban J connectivity index is 1.72. The number of amides is 2. The van der Waals surface area contributed by atoms with Crippen LogP contribution in [0.4, 0.5) is 4.79 Å². The molecule has 0 bridgehead atoms. The second-order valence-electron chi connectivity index (χ2n) is 6.53. The molecule has 0 aromatic heterocycles. The zero-order valence-electron chi connectivity index (χ0n) is 18.1. The molecule has 0 saturated carbocycles. The Morgan fingerprint density at radius 1 is 1.00 bits per heavy atom. The summed E-state index contributed by atoms with van der Waals surface area (Å²) in [5.41, 5.74) is 0.722. The molecular formula is C23H24BrNO6S. The van der Waals surface area contributed by atoms with E-state index >= 15 is 0 Å². The van der Waals surface area contributed by atoms with Crippen LogP contribution in [0.5, 0.6) is 23.0 Å². The van der Waals surface area contributed by atoms with Crippen LogP contribution in [-0.4, -0.2) is 49.5 Å². The predicted molar refractivity (Wildman–Crippen MR) is 128 cm³/mol. The largest absolute Gasteiger partial charge is 0.493 e. The van der Waals surface area contributed by atoms with Crippen molar-refractivity contribution in [2.75, 3.05) is 33.5 Å². The minimum atomic E-state index is -0.355. The molecule has 3 rings (SSSR count). The van der Waals surface area contributed by atoms with E-state index in [1.807, 2.05) is 32.0 Å². The van der Waals surface area contributed by atoms with E-state index in [-0.39, 0.29) is 24.3 Å². The Morgan fingerprint density at radius 3 is 2.41 bits per heavy atom. The van der Waals surface area contributed by atoms with Gasteiger partial charge in [0.15, 0.2) is 23.0 Å². The molecule has 1 saturated heterocycles. The van der Waals surface area contributed by atoms with Crippen molar-refractivity contribution < 1.29 is 28.5 Å². The first kappa shape index (κ1) is 24.0. The maximum atomic E-state index is 12.8. The summed E-state index contributed by atoms with van der Waals surface area (Å²) in [6.07, 6.45) is 1.68. The van der Waals surface area contributed by atoms with Crippen LogP contribution in [0.3, 0.4) is 0 Å². The highest BCUT2D eigenvalue weighted by Crippen LogP contribution is 2.39. The lowest BCUT2D eigenvalue weighted by atomic mass is 10.2. The zero-order valence-corrected chi connectivity index (χ0v) is 20.5. The summed E-state index contributed by atoms with van der Waals surface area (Å²) in [5, 5.41) is -0.333. The number of imide groups is 1. The van der Waals surface area contributed by atoms with Gasteiger partial charge in [-0.1, -0.05) is 12.1 Å². The second kappa shape index (κ2) is 11.3. The van der Waals surface area contributed by atoms with E-state index in [1.165, 1.54) is 4.90 Å². The number of para-hydroxylation sites is 2. The average molecular weight is 522 g/mol. The lowest BCUT2D eigenvalue weighted by Crippen LogP contribution is -2.32. The lowest BCUT2D eigenvalue weighted by Gasteiger charge is -2.15. The van der Waals surface area contributed by atoms with E-state index in [0.29, 0.717) is 45.6 Å². The van der Waals surface area contributed by atoms with Crippen molar-refractivity contribution in [1.82, 2.24) is 4.90 Å². The molecule has 1 fully saturated rings. The molecule has 1 aliphatic rings. The molecule has 0 N–H and O–H groups in total. The van der Waals surface area contributed by atoms with Gasteiger partial charge in [0.2, 0.25) is 0 Å². The van der Waals surface area contributed by atoms with E-state index in [4.69, 9.17) is 18.9 Å². The van der Waals surface area contributed by atoms with Crippen LogP contribution < -0.4 is 18.9 Å². The van der Waals surface area contributed by atoms with Gasteiger partial charge in [0.1, 0.15) is 6.61 Å². The van der Waals surface area contributed by atoms with E-state index < -0.39 is 0 Å². The van der Waals surface area contributed by atoms with Crippen molar-refractivity contribution in [2.45, 2.75) is 13.8 Å². The Kier molecular flexibility index (Phi) is 8.46. The third-order valence-corrected chi connectivity index (χ3v) is 5.93. The lowest BCUT2D eigenvalue weighted by molar-refractivity contribution is -0.123. The number of thioether (sulfide) groups is 1. The van der Waals surface area contributed by atoms with Crippen LogP contribution in [-0.2, 0) is 4.79 Å². The van der Waals surface area contributed by atoms with Crippen molar-refractivity contribution in [3.05, 3.63) is 51.3 Å². The molecule has 1 aliphatic heterocycles. The monoisotopic (exact) mass is 521 g/mol. The molecule has 2 amide bonds. The van der Waals surface area contributed by atoms with Crippen molar-refractivity contribution in [2.24, 2.45) is 0 Å². The number of nitrogens with zero attached hydrogens (tertiary/aromatic N) is 1. The van der Waals surface area contributed by atoms with Crippen molar-refractivity contribution in [3.8, 4) is 23.0 Å². The normalized spacial score (nSPS) is 14.8. The summed E-state index contributed by atoms with van der Waals surface area (Å²) < 4.78 is 23.0. The van der Waals surface area contributed by atoms with Crippen molar-refractivity contribution >= 4 is 44.9 Å². The van der Waals surface area contributed by atoms with Gasteiger partial charge in [0.05, 0.1) is 36.2 Å². The Labute approximate surface area is 199 Å². The summed E-state index contributed by atoms with van der Waals surface area (Å²) >= 11 is 4.40. The summed E-state index contributed by atoms with van der Waals surface area (Å²) in [7, 11) is 1.56. The minimum absolute atomic E-state index is 0.136. The van der Waals surface area contributed by atoms with Crippen LogP contribution in [0.2, 0.25) is 0 Å². The number of hydrogen-bond donors (Lipinski definition) is 0. The van der Waals surface area contributed by atoms with Crippen molar-refractivity contribution in [3.63, 3.8) is 0 Å². The topological polar surface area (TPSA) is 74.3 Å². The molecule has 0 unspecified atom stereocenters. The van der Waals surface area contributed by atoms with Crippen LogP contribution in [0.15, 0.2) is 45.8 Å². The highest BCUT2D eigenvalue weighted by atomic mass is 79.9. The summed E-state index contributed by atoms with van der Waals surface area (Å²) in [6.45, 7) is 5.04. The number of halogens is 1. The number of ether oxygens (including phenoxy) is 4. The third kappa shape index (κ3) is 5.58. The molecular weight excluding hydrogens is 498 g/mol. The number of carbonyl (C=O) groups is 2. The van der Waals surface area contributed by atoms with Gasteiger partial charge in [0, 0.05) is 0 Å². The first-order valence-electron chi connectivity index (χ1n) is 10.1. The third-order valence-electron chi connectivity index (χ3n) is 4.43. The first-order chi connectivity index (χ1) is 15.5. The average Bonchev–Trinajstić information content (AvgIpc) is 3.04. The quantitative estimate of drug-likeness (QED) is 0.389. The number of hydrogen-bond acceptors (Lipinski definition) is 7. The summed E-state index contributed by atoms with van der Waals surface area (Å²) in [6, 6.07) is 10.8. The SMILES string of the molecule is CCOc1cc(/C=C2\SC(=O)N(CCOc3ccccc3OC)C2=O)cc(Br)c1OCC. The molecule has 2 aromatic rings. The smallest absolute Gasteiger partial charge is 0.293 e. The molecule has 0 atom stereocenters. The molecule has 7 nitrogen and oxygen atoms in total. The van der Waals surface area contributed by atoms with Gasteiger partial charge in [-0.15, -0.1) is 0 Å². The highest BCUT2D eigenvalue weighted by Gasteiger charge is 2.35. The number of rotatable bonds is 10. The van der Waals surface area contributed by atoms with E-state index in [2.05, 4.69) is 15.9 Å². The maximum absolute atomic E-state index is 12.8. The Hall–Kier alpha value is -2.65. The fraction of sp³-hybridized carbons (Fsp3) is 0.304. The molecule has 0 radical (unpaired) electrons. The van der Waals surface area contributed by atoms with Crippen LogP contribution in [0.25, 0.3) is 6.08 Å². The van der Waals surface area contributed by atoms with Crippen LogP contribution in [0.1, 0.15) is 19.4 Å². The van der Waals surface area contributed by atoms with Gasteiger partial charge in [-0.05, 0) is 77.4 Å². The van der Waals surface area contributed by atoms with Gasteiger partial charge in [-0.3, -0.25) is 14.5 Å². The second-order valence-corrected chi connectivity index (χ2v) is 8.38. The minimum Gasteiger partial charge on any atom is -0.493 e. The van der Waals surface area contributed by atoms with Gasteiger partial charge >= 0.3 is 0 Å². The van der Waals surface area contributed by atoms with Gasteiger partial charge < -0.3 is 18.9 Å². The fourth-order valence-electron chi connectivity index (χ4n) is 3.05. The Morgan fingerprint density at radius 2 is 1.72 bits per heavy atom. The Bertz CT molecular complexity index is 1030. The first-order valence-corrected chi connectivity index (χ1v) is 11.7. The predicted octanol–water partition coefficient (Wildman–Crippen LogP) is 5.37. The molecule has 170 valence electrons. The molecule has 9 heteroatoms. The standard InChI is InChI=1S/C23H24BrNO6S/c1-4-29-19-13-15(12-16(24)21(19)30-5-2)14-20-22(26)25(23(27)32-20)10-11-31-18-9-7-6-8-17(18)28-3/h6-9,12-14H,4-5,10-11H2,1-3H3/b20-14-. The zero-order chi connectivity index (χ0) is 23.1. The molecule has 0 spiro atoms. The maximum Gasteiger partial charge on any atom is 0.293 e. The number of benzene rings is 2. The van der Waals surface area contributed by atoms with Crippen LogP contribution >= 0.6 is 27.7 Å². The highest BCUT2D eigenvalue weighted by molar-refractivity contribution is 9.10. The van der Waals surface area contributed by atoms with Gasteiger partial charge in [-0.25, -0.2) is 0 Å². The van der Waals surface area contributed by atoms with E-state index in [0.717, 1.165) is 17.3 Å². The van der Waals surface area contributed by atoms with E-state index in [9.17, 15) is 9.59 Å².